The van der Waals surface area contributed by atoms with Gasteiger partial charge in [0, 0.05) is 13.0 Å². The van der Waals surface area contributed by atoms with E-state index in [0.717, 1.165) is 32.1 Å². The van der Waals surface area contributed by atoms with Crippen LogP contribution in [0, 0.1) is 0 Å². The highest BCUT2D eigenvalue weighted by molar-refractivity contribution is 5.86. The molecule has 0 saturated carbocycles. The van der Waals surface area contributed by atoms with Crippen LogP contribution in [0.2, 0.25) is 0 Å². The van der Waals surface area contributed by atoms with Gasteiger partial charge in [-0.15, -0.1) is 0 Å². The van der Waals surface area contributed by atoms with Crippen molar-refractivity contribution in [3.05, 3.63) is 0 Å². The van der Waals surface area contributed by atoms with Crippen LogP contribution in [0.3, 0.4) is 0 Å². The van der Waals surface area contributed by atoms with Crippen LogP contribution in [0.15, 0.2) is 0 Å². The number of aliphatic hydroxyl groups is 1. The number of carboxylic acid groups (broad SMARTS) is 1. The van der Waals surface area contributed by atoms with Crippen LogP contribution < -0.4 is 10.6 Å². The molecule has 4 N–H and O–H groups in total. The normalized spacial score (nSPS) is 10.5. The minimum Gasteiger partial charge on any atom is -0.480 e. The molecule has 0 aromatic carbocycles. The predicted molar refractivity (Wildman–Crippen MR) is 101 cm³/mol. The van der Waals surface area contributed by atoms with Crippen LogP contribution in [-0.4, -0.2) is 47.7 Å². The van der Waals surface area contributed by atoms with E-state index in [2.05, 4.69) is 10.6 Å². The van der Waals surface area contributed by atoms with E-state index in [1.54, 1.807) is 0 Å². The number of nitrogens with one attached hydrogen (secondary N) is 2. The molecule has 0 heterocycles. The monoisotopic (exact) mass is 372 g/mol. The highest BCUT2D eigenvalue weighted by Gasteiger charge is 2.06. The maximum absolute atomic E-state index is 11.6. The molecule has 0 aliphatic carbocycles. The summed E-state index contributed by atoms with van der Waals surface area (Å²) in [6.45, 7) is -0.297. The Morgan fingerprint density at radius 3 is 1.46 bits per heavy atom. The molecule has 0 spiro atoms. The number of carbonyl (C=O) groups excluding carboxylic acids is 2. The Bertz CT molecular complexity index is 388. The van der Waals surface area contributed by atoms with Crippen LogP contribution >= 0.6 is 0 Å². The number of carbonyl (C=O) groups is 3. The molecule has 0 aliphatic heterocycles. The minimum atomic E-state index is -1.11. The molecule has 152 valence electrons. The van der Waals surface area contributed by atoms with E-state index in [1.165, 1.54) is 44.9 Å². The summed E-state index contributed by atoms with van der Waals surface area (Å²) in [6.07, 6.45) is 14.2. The highest BCUT2D eigenvalue weighted by atomic mass is 16.4. The molecule has 0 bridgehead atoms. The first kappa shape index (κ1) is 24.4. The molecule has 0 fully saturated rings. The lowest BCUT2D eigenvalue weighted by Gasteiger charge is -2.05. The zero-order chi connectivity index (χ0) is 19.5. The van der Waals surface area contributed by atoms with Crippen LogP contribution in [0.25, 0.3) is 0 Å². The zero-order valence-electron chi connectivity index (χ0n) is 15.9. The summed E-state index contributed by atoms with van der Waals surface area (Å²) in [4.78, 5) is 33.1. The van der Waals surface area contributed by atoms with Crippen LogP contribution in [0.5, 0.6) is 0 Å². The predicted octanol–water partition coefficient (Wildman–Crippen LogP) is 2.37. The molecule has 7 heteroatoms. The fourth-order valence-corrected chi connectivity index (χ4v) is 2.67. The van der Waals surface area contributed by atoms with Crippen LogP contribution in [0.1, 0.15) is 83.5 Å². The van der Waals surface area contributed by atoms with Crippen molar-refractivity contribution in [2.24, 2.45) is 0 Å². The average Bonchev–Trinajstić information content (AvgIpc) is 2.62. The van der Waals surface area contributed by atoms with Gasteiger partial charge in [-0.2, -0.15) is 0 Å². The summed E-state index contributed by atoms with van der Waals surface area (Å²) in [5.74, 6) is -1.77. The number of carboxylic acids is 1. The number of hydrogen-bond donors (Lipinski definition) is 4. The van der Waals surface area contributed by atoms with Crippen molar-refractivity contribution in [1.29, 1.82) is 0 Å². The van der Waals surface area contributed by atoms with E-state index in [1.807, 2.05) is 0 Å². The molecule has 0 atom stereocenters. The van der Waals surface area contributed by atoms with Crippen LogP contribution in [-0.2, 0) is 14.4 Å². The number of hydrogen-bond acceptors (Lipinski definition) is 4. The second kappa shape index (κ2) is 18.2. The van der Waals surface area contributed by atoms with Crippen molar-refractivity contribution in [2.75, 3.05) is 19.7 Å². The molecule has 0 aliphatic rings. The Morgan fingerprint density at radius 1 is 0.577 bits per heavy atom. The van der Waals surface area contributed by atoms with Gasteiger partial charge in [-0.3, -0.25) is 14.4 Å². The van der Waals surface area contributed by atoms with Gasteiger partial charge in [0.15, 0.2) is 0 Å². The fourth-order valence-electron chi connectivity index (χ4n) is 2.67. The first-order chi connectivity index (χ1) is 12.6. The lowest BCUT2D eigenvalue weighted by molar-refractivity contribution is -0.137. The minimum absolute atomic E-state index is 0.170. The van der Waals surface area contributed by atoms with E-state index < -0.39 is 18.4 Å². The molecule has 0 saturated heterocycles. The van der Waals surface area contributed by atoms with E-state index in [9.17, 15) is 14.4 Å². The van der Waals surface area contributed by atoms with Crippen LogP contribution in [0.4, 0.5) is 0 Å². The second-order valence-electron chi connectivity index (χ2n) is 6.66. The highest BCUT2D eigenvalue weighted by Crippen LogP contribution is 2.12. The van der Waals surface area contributed by atoms with E-state index in [0.29, 0.717) is 13.0 Å². The standard InChI is InChI=1S/C19H36N2O5/c22-14-12-10-8-6-4-2-1-3-5-7-9-11-13-17(23)20-15-18(24)21-16-19(25)26/h22H,1-16H2,(H,20,23)(H,21,24)(H,25,26). The third-order valence-electron chi connectivity index (χ3n) is 4.19. The fraction of sp³-hybridized carbons (Fsp3) is 0.842. The van der Waals surface area contributed by atoms with Gasteiger partial charge in [0.2, 0.25) is 11.8 Å². The van der Waals surface area contributed by atoms with Gasteiger partial charge in [0.05, 0.1) is 6.54 Å². The number of amides is 2. The lowest BCUT2D eigenvalue weighted by atomic mass is 10.0. The van der Waals surface area contributed by atoms with Crippen molar-refractivity contribution < 1.29 is 24.6 Å². The molecular weight excluding hydrogens is 336 g/mol. The third-order valence-corrected chi connectivity index (χ3v) is 4.19. The van der Waals surface area contributed by atoms with Gasteiger partial charge in [0.25, 0.3) is 0 Å². The van der Waals surface area contributed by atoms with Gasteiger partial charge in [-0.1, -0.05) is 64.2 Å². The van der Waals surface area contributed by atoms with Gasteiger partial charge in [0.1, 0.15) is 6.54 Å². The van der Waals surface area contributed by atoms with Crippen molar-refractivity contribution in [3.8, 4) is 0 Å². The summed E-state index contributed by atoms with van der Waals surface area (Å²) in [5, 5.41) is 21.8. The molecule has 0 unspecified atom stereocenters. The Labute approximate surface area is 156 Å². The molecule has 2 amide bonds. The Balaban J connectivity index is 3.28. The van der Waals surface area contributed by atoms with Gasteiger partial charge in [-0.05, 0) is 12.8 Å². The van der Waals surface area contributed by atoms with E-state index in [-0.39, 0.29) is 12.5 Å². The average molecular weight is 373 g/mol. The van der Waals surface area contributed by atoms with Crippen molar-refractivity contribution in [2.45, 2.75) is 83.5 Å². The molecule has 0 radical (unpaired) electrons. The SMILES string of the molecule is O=C(O)CNC(=O)CNC(=O)CCCCCCCCCCCCCCO. The lowest BCUT2D eigenvalue weighted by Crippen LogP contribution is -2.38. The Hall–Kier alpha value is -1.63. The summed E-state index contributed by atoms with van der Waals surface area (Å²) >= 11 is 0. The van der Waals surface area contributed by atoms with Crippen molar-refractivity contribution >= 4 is 17.8 Å². The number of unbranched alkanes of at least 4 members (excludes halogenated alkanes) is 11. The Kier molecular flexibility index (Phi) is 17.0. The smallest absolute Gasteiger partial charge is 0.322 e. The number of aliphatic carboxylic acids is 1. The van der Waals surface area contributed by atoms with Gasteiger partial charge in [-0.25, -0.2) is 0 Å². The molecule has 0 aromatic rings. The number of aliphatic hydroxyl groups excluding tert-OH is 1. The van der Waals surface area contributed by atoms with Crippen molar-refractivity contribution in [1.82, 2.24) is 10.6 Å². The molecule has 26 heavy (non-hydrogen) atoms. The quantitative estimate of drug-likeness (QED) is 0.276. The molecule has 7 nitrogen and oxygen atoms in total. The first-order valence-corrected chi connectivity index (χ1v) is 9.92. The Morgan fingerprint density at radius 2 is 1.00 bits per heavy atom. The third kappa shape index (κ3) is 18.7. The number of rotatable bonds is 18. The second-order valence-corrected chi connectivity index (χ2v) is 6.66. The molecule has 0 rings (SSSR count). The summed E-state index contributed by atoms with van der Waals surface area (Å²) in [5.41, 5.74) is 0. The van der Waals surface area contributed by atoms with Crippen molar-refractivity contribution in [3.63, 3.8) is 0 Å². The maximum Gasteiger partial charge on any atom is 0.322 e. The summed E-state index contributed by atoms with van der Waals surface area (Å²) < 4.78 is 0. The topological polar surface area (TPSA) is 116 Å². The zero-order valence-corrected chi connectivity index (χ0v) is 15.9. The maximum atomic E-state index is 11.6. The van der Waals surface area contributed by atoms with Gasteiger partial charge >= 0.3 is 5.97 Å². The van der Waals surface area contributed by atoms with Gasteiger partial charge < -0.3 is 20.8 Å². The molecular formula is C19H36N2O5. The first-order valence-electron chi connectivity index (χ1n) is 9.92. The molecule has 0 aromatic heterocycles. The largest absolute Gasteiger partial charge is 0.480 e. The van der Waals surface area contributed by atoms with E-state index in [4.69, 9.17) is 10.2 Å². The summed E-state index contributed by atoms with van der Waals surface area (Å²) in [7, 11) is 0. The van der Waals surface area contributed by atoms with E-state index >= 15 is 0 Å². The summed E-state index contributed by atoms with van der Waals surface area (Å²) in [6, 6.07) is 0.